The lowest BCUT2D eigenvalue weighted by molar-refractivity contribution is -0.138. The molecule has 154 valence electrons. The highest BCUT2D eigenvalue weighted by molar-refractivity contribution is 14.0. The Morgan fingerprint density at radius 1 is 1.11 bits per heavy atom. The fourth-order valence-electron chi connectivity index (χ4n) is 2.52. The summed E-state index contributed by atoms with van der Waals surface area (Å²) < 4.78 is 52.4. The standard InChI is InChI=1S/C18H21F4N5.HI/c1-23-17(26-11-13-5-4-8-24-16(13)27(2)3)25-10-12-6-7-14(19)9-15(12)18(20,21)22;/h4-9H,10-11H2,1-3H3,(H2,23,25,26);1H. The quantitative estimate of drug-likeness (QED) is 0.278. The van der Waals surface area contributed by atoms with E-state index in [2.05, 4.69) is 20.6 Å². The van der Waals surface area contributed by atoms with Crippen LogP contribution in [0, 0.1) is 5.82 Å². The lowest BCUT2D eigenvalue weighted by atomic mass is 10.1. The number of aliphatic imine (C=N–C) groups is 1. The van der Waals surface area contributed by atoms with Gasteiger partial charge in [0.25, 0.3) is 0 Å². The van der Waals surface area contributed by atoms with Gasteiger partial charge >= 0.3 is 6.18 Å². The van der Waals surface area contributed by atoms with Gasteiger partial charge in [-0.15, -0.1) is 24.0 Å². The van der Waals surface area contributed by atoms with Crippen molar-refractivity contribution in [3.63, 3.8) is 0 Å². The van der Waals surface area contributed by atoms with Gasteiger partial charge in [0.1, 0.15) is 11.6 Å². The normalized spacial score (nSPS) is 11.6. The minimum absolute atomic E-state index is 0. The van der Waals surface area contributed by atoms with Crippen LogP contribution in [0.1, 0.15) is 16.7 Å². The van der Waals surface area contributed by atoms with Crippen molar-refractivity contribution < 1.29 is 17.6 Å². The highest BCUT2D eigenvalue weighted by atomic mass is 127. The molecule has 1 heterocycles. The summed E-state index contributed by atoms with van der Waals surface area (Å²) in [5, 5.41) is 5.86. The van der Waals surface area contributed by atoms with Gasteiger partial charge in [-0.3, -0.25) is 4.99 Å². The Morgan fingerprint density at radius 3 is 2.32 bits per heavy atom. The van der Waals surface area contributed by atoms with E-state index in [1.165, 1.54) is 7.05 Å². The first-order chi connectivity index (χ1) is 12.7. The maximum Gasteiger partial charge on any atom is 0.416 e. The summed E-state index contributed by atoms with van der Waals surface area (Å²) in [6, 6.07) is 6.30. The largest absolute Gasteiger partial charge is 0.416 e. The third-order valence-corrected chi connectivity index (χ3v) is 3.78. The van der Waals surface area contributed by atoms with Crippen molar-refractivity contribution in [2.75, 3.05) is 26.0 Å². The van der Waals surface area contributed by atoms with Crippen LogP contribution < -0.4 is 15.5 Å². The Balaban J connectivity index is 0.00000392. The monoisotopic (exact) mass is 511 g/mol. The van der Waals surface area contributed by atoms with E-state index < -0.39 is 17.6 Å². The fourth-order valence-corrected chi connectivity index (χ4v) is 2.52. The summed E-state index contributed by atoms with van der Waals surface area (Å²) in [5.74, 6) is 0.167. The number of alkyl halides is 3. The molecule has 2 aromatic rings. The Labute approximate surface area is 178 Å². The zero-order valence-corrected chi connectivity index (χ0v) is 18.0. The molecule has 0 fully saturated rings. The molecule has 0 spiro atoms. The Bertz CT molecular complexity index is 809. The van der Waals surface area contributed by atoms with E-state index in [-0.39, 0.29) is 36.1 Å². The molecule has 0 saturated heterocycles. The van der Waals surface area contributed by atoms with E-state index in [9.17, 15) is 17.6 Å². The van der Waals surface area contributed by atoms with Crippen LogP contribution in [0.25, 0.3) is 0 Å². The fraction of sp³-hybridized carbons (Fsp3) is 0.333. The van der Waals surface area contributed by atoms with Crippen LogP contribution in [0.15, 0.2) is 41.5 Å². The van der Waals surface area contributed by atoms with Crippen LogP contribution in [-0.4, -0.2) is 32.1 Å². The molecule has 0 saturated carbocycles. The maximum atomic E-state index is 13.2. The lowest BCUT2D eigenvalue weighted by Crippen LogP contribution is -2.37. The third-order valence-electron chi connectivity index (χ3n) is 3.78. The first kappa shape index (κ1) is 23.9. The zero-order valence-electron chi connectivity index (χ0n) is 15.6. The van der Waals surface area contributed by atoms with Crippen LogP contribution >= 0.6 is 24.0 Å². The van der Waals surface area contributed by atoms with Gasteiger partial charge in [-0.25, -0.2) is 9.37 Å². The molecule has 1 aromatic carbocycles. The van der Waals surface area contributed by atoms with Gasteiger partial charge in [0.05, 0.1) is 5.56 Å². The smallest absolute Gasteiger partial charge is 0.362 e. The molecule has 1 aromatic heterocycles. The molecule has 10 heteroatoms. The Morgan fingerprint density at radius 2 is 1.75 bits per heavy atom. The second-order valence-corrected chi connectivity index (χ2v) is 5.96. The van der Waals surface area contributed by atoms with Crippen molar-refractivity contribution >= 4 is 35.8 Å². The van der Waals surface area contributed by atoms with Crippen molar-refractivity contribution in [1.82, 2.24) is 15.6 Å². The van der Waals surface area contributed by atoms with Crippen molar-refractivity contribution in [3.8, 4) is 0 Å². The maximum absolute atomic E-state index is 13.2. The van der Waals surface area contributed by atoms with E-state index in [0.717, 1.165) is 23.5 Å². The predicted octanol–water partition coefficient (Wildman–Crippen LogP) is 3.79. The number of hydrogen-bond donors (Lipinski definition) is 2. The van der Waals surface area contributed by atoms with Crippen molar-refractivity contribution in [3.05, 3.63) is 59.0 Å². The molecule has 2 rings (SSSR count). The number of anilines is 1. The number of guanidine groups is 1. The molecule has 2 N–H and O–H groups in total. The van der Waals surface area contributed by atoms with Crippen LogP contribution in [0.4, 0.5) is 23.4 Å². The molecule has 0 aliphatic carbocycles. The second kappa shape index (κ2) is 10.4. The second-order valence-electron chi connectivity index (χ2n) is 5.96. The molecule has 0 bridgehead atoms. The van der Waals surface area contributed by atoms with Gasteiger partial charge in [-0.05, 0) is 23.8 Å². The predicted molar refractivity (Wildman–Crippen MR) is 112 cm³/mol. The summed E-state index contributed by atoms with van der Waals surface area (Å²) in [5.41, 5.74) is -0.168. The van der Waals surface area contributed by atoms with Crippen molar-refractivity contribution in [2.45, 2.75) is 19.3 Å². The third kappa shape index (κ3) is 6.50. The van der Waals surface area contributed by atoms with Crippen LogP contribution in [0.2, 0.25) is 0 Å². The van der Waals surface area contributed by atoms with Crippen LogP contribution in [-0.2, 0) is 19.3 Å². The lowest BCUT2D eigenvalue weighted by Gasteiger charge is -2.18. The first-order valence-corrected chi connectivity index (χ1v) is 8.13. The Kier molecular flexibility index (Phi) is 8.92. The number of halogens is 5. The summed E-state index contributed by atoms with van der Waals surface area (Å²) >= 11 is 0. The van der Waals surface area contributed by atoms with Crippen molar-refractivity contribution in [2.24, 2.45) is 4.99 Å². The van der Waals surface area contributed by atoms with E-state index in [0.29, 0.717) is 18.6 Å². The molecular formula is C18H22F4IN5. The van der Waals surface area contributed by atoms with E-state index in [1.807, 2.05) is 25.1 Å². The average Bonchev–Trinajstić information content (AvgIpc) is 2.62. The van der Waals surface area contributed by atoms with Crippen molar-refractivity contribution in [1.29, 1.82) is 0 Å². The SMILES string of the molecule is CN=C(NCc1ccc(F)cc1C(F)(F)F)NCc1cccnc1N(C)C.I. The Hall–Kier alpha value is -2.11. The summed E-state index contributed by atoms with van der Waals surface area (Å²) in [6.07, 6.45) is -2.95. The van der Waals surface area contributed by atoms with Gasteiger partial charge < -0.3 is 15.5 Å². The molecule has 5 nitrogen and oxygen atoms in total. The molecule has 28 heavy (non-hydrogen) atoms. The highest BCUT2D eigenvalue weighted by Crippen LogP contribution is 2.32. The first-order valence-electron chi connectivity index (χ1n) is 8.13. The number of benzene rings is 1. The van der Waals surface area contributed by atoms with E-state index >= 15 is 0 Å². The summed E-state index contributed by atoms with van der Waals surface area (Å²) in [6.45, 7) is 0.235. The minimum Gasteiger partial charge on any atom is -0.362 e. The summed E-state index contributed by atoms with van der Waals surface area (Å²) in [7, 11) is 5.25. The van der Waals surface area contributed by atoms with E-state index in [4.69, 9.17) is 0 Å². The molecule has 0 unspecified atom stereocenters. The minimum atomic E-state index is -4.63. The number of nitrogens with one attached hydrogen (secondary N) is 2. The van der Waals surface area contributed by atoms with Gasteiger partial charge in [0, 0.05) is 46.0 Å². The van der Waals surface area contributed by atoms with Gasteiger partial charge in [0.15, 0.2) is 5.96 Å². The molecule has 0 radical (unpaired) electrons. The van der Waals surface area contributed by atoms with Gasteiger partial charge in [-0.1, -0.05) is 12.1 Å². The number of rotatable bonds is 5. The van der Waals surface area contributed by atoms with E-state index in [1.54, 1.807) is 12.3 Å². The van der Waals surface area contributed by atoms with Crippen LogP contribution in [0.5, 0.6) is 0 Å². The topological polar surface area (TPSA) is 52.6 Å². The molecule has 0 aliphatic rings. The molecule has 0 atom stereocenters. The molecular weight excluding hydrogens is 489 g/mol. The number of hydrogen-bond acceptors (Lipinski definition) is 3. The molecule has 0 aliphatic heterocycles. The molecule has 0 amide bonds. The van der Waals surface area contributed by atoms with Crippen LogP contribution in [0.3, 0.4) is 0 Å². The summed E-state index contributed by atoms with van der Waals surface area (Å²) in [4.78, 5) is 10.2. The zero-order chi connectivity index (χ0) is 20.0. The van der Waals surface area contributed by atoms with Gasteiger partial charge in [0.2, 0.25) is 0 Å². The number of pyridine rings is 1. The average molecular weight is 511 g/mol. The highest BCUT2D eigenvalue weighted by Gasteiger charge is 2.33. The van der Waals surface area contributed by atoms with Gasteiger partial charge in [-0.2, -0.15) is 13.2 Å². The number of aromatic nitrogens is 1. The number of nitrogens with zero attached hydrogens (tertiary/aromatic N) is 3.